The van der Waals surface area contributed by atoms with Crippen LogP contribution in [0.2, 0.25) is 0 Å². The van der Waals surface area contributed by atoms with Gasteiger partial charge >= 0.3 is 0 Å². The van der Waals surface area contributed by atoms with Crippen molar-refractivity contribution in [2.75, 3.05) is 47.9 Å². The second-order valence-corrected chi connectivity index (χ2v) is 6.47. The molecule has 1 aliphatic rings. The van der Waals surface area contributed by atoms with Crippen LogP contribution in [0.3, 0.4) is 0 Å². The van der Waals surface area contributed by atoms with E-state index in [1.807, 2.05) is 24.3 Å². The molecule has 0 radical (unpaired) electrons. The Morgan fingerprint density at radius 3 is 2.48 bits per heavy atom. The van der Waals surface area contributed by atoms with Gasteiger partial charge in [-0.1, -0.05) is 18.2 Å². The molecule has 1 atom stereocenters. The molecular formula is C18H28IN5O3. The fourth-order valence-corrected chi connectivity index (χ4v) is 2.42. The maximum Gasteiger partial charge on any atom is 0.243 e. The van der Waals surface area contributed by atoms with Gasteiger partial charge in [-0.2, -0.15) is 0 Å². The molecule has 1 unspecified atom stereocenters. The molecule has 27 heavy (non-hydrogen) atoms. The zero-order valence-electron chi connectivity index (χ0n) is 16.2. The van der Waals surface area contributed by atoms with E-state index in [0.29, 0.717) is 12.6 Å². The van der Waals surface area contributed by atoms with Crippen LogP contribution in [-0.2, 0) is 9.59 Å². The van der Waals surface area contributed by atoms with Crippen molar-refractivity contribution in [3.63, 3.8) is 0 Å². The first-order valence-electron chi connectivity index (χ1n) is 8.55. The average Bonchev–Trinajstić information content (AvgIpc) is 2.63. The summed E-state index contributed by atoms with van der Waals surface area (Å²) in [5.74, 6) is 1.07. The highest BCUT2D eigenvalue weighted by molar-refractivity contribution is 14.0. The van der Waals surface area contributed by atoms with Crippen molar-refractivity contribution in [3.8, 4) is 5.75 Å². The van der Waals surface area contributed by atoms with Crippen molar-refractivity contribution in [1.82, 2.24) is 20.4 Å². The van der Waals surface area contributed by atoms with Gasteiger partial charge in [0.2, 0.25) is 11.8 Å². The van der Waals surface area contributed by atoms with Gasteiger partial charge in [0.1, 0.15) is 12.3 Å². The molecule has 2 N–H and O–H groups in total. The summed E-state index contributed by atoms with van der Waals surface area (Å²) in [6.07, 6.45) is 0.765. The number of amides is 2. The molecule has 8 nitrogen and oxygen atoms in total. The minimum atomic E-state index is -0.114. The number of rotatable bonds is 5. The van der Waals surface area contributed by atoms with Crippen LogP contribution >= 0.6 is 24.0 Å². The van der Waals surface area contributed by atoms with Crippen LogP contribution in [0, 0.1) is 0 Å². The molecule has 150 valence electrons. The lowest BCUT2D eigenvalue weighted by Gasteiger charge is -2.28. The van der Waals surface area contributed by atoms with Crippen molar-refractivity contribution < 1.29 is 14.3 Å². The number of likely N-dealkylation sites (N-methyl/N-ethyl adjacent to an activating group) is 2. The van der Waals surface area contributed by atoms with E-state index in [9.17, 15) is 9.59 Å². The van der Waals surface area contributed by atoms with Crippen LogP contribution in [-0.4, -0.2) is 75.5 Å². The molecule has 0 saturated carbocycles. The molecule has 1 aromatic carbocycles. The Hall–Kier alpha value is -2.04. The lowest BCUT2D eigenvalue weighted by Crippen LogP contribution is -2.45. The molecule has 1 aliphatic heterocycles. The van der Waals surface area contributed by atoms with Crippen LogP contribution in [0.25, 0.3) is 0 Å². The predicted molar refractivity (Wildman–Crippen MR) is 116 cm³/mol. The Balaban J connectivity index is 0.00000364. The molecule has 1 aromatic rings. The van der Waals surface area contributed by atoms with E-state index >= 15 is 0 Å². The van der Waals surface area contributed by atoms with Gasteiger partial charge in [-0.05, 0) is 6.07 Å². The van der Waals surface area contributed by atoms with Gasteiger partial charge in [0.25, 0.3) is 0 Å². The minimum absolute atomic E-state index is 0. The standard InChI is InChI=1S/C18H27N5O3.HI/c1-22(2)16(24)11-19-18(20-12-17(25)23(3)4)21-14-9-10-26-15-8-6-5-7-13(14)15;/h5-8,14H,9-12H2,1-4H3,(H2,19,20,21);1H. The SMILES string of the molecule is CN(C)C(=O)CN=C(NCC(=O)N(C)C)NC1CCOc2ccccc21.I. The lowest BCUT2D eigenvalue weighted by molar-refractivity contribution is -0.127. The fraction of sp³-hybridized carbons (Fsp3) is 0.500. The van der Waals surface area contributed by atoms with E-state index in [-0.39, 0.29) is 54.9 Å². The number of nitrogens with one attached hydrogen (secondary N) is 2. The van der Waals surface area contributed by atoms with Crippen molar-refractivity contribution in [2.45, 2.75) is 12.5 Å². The Bertz CT molecular complexity index is 679. The predicted octanol–water partition coefficient (Wildman–Crippen LogP) is 0.840. The van der Waals surface area contributed by atoms with Gasteiger partial charge < -0.3 is 25.2 Å². The third-order valence-electron chi connectivity index (χ3n) is 4.05. The Morgan fingerprint density at radius 1 is 1.15 bits per heavy atom. The number of fused-ring (bicyclic) bond motifs is 1. The van der Waals surface area contributed by atoms with Gasteiger partial charge in [0.05, 0.1) is 19.2 Å². The van der Waals surface area contributed by atoms with E-state index < -0.39 is 0 Å². The Labute approximate surface area is 177 Å². The Kier molecular flexibility index (Phi) is 9.33. The maximum absolute atomic E-state index is 11.9. The first kappa shape index (κ1) is 23.0. The summed E-state index contributed by atoms with van der Waals surface area (Å²) in [4.78, 5) is 31.0. The number of benzene rings is 1. The molecule has 0 spiro atoms. The number of nitrogens with zero attached hydrogens (tertiary/aromatic N) is 3. The molecule has 0 aliphatic carbocycles. The van der Waals surface area contributed by atoms with Crippen LogP contribution in [0.1, 0.15) is 18.0 Å². The van der Waals surface area contributed by atoms with Crippen LogP contribution in [0.5, 0.6) is 5.75 Å². The second kappa shape index (κ2) is 11.0. The third-order valence-corrected chi connectivity index (χ3v) is 4.05. The normalized spacial score (nSPS) is 15.6. The first-order chi connectivity index (χ1) is 12.4. The minimum Gasteiger partial charge on any atom is -0.493 e. The number of hydrogen-bond donors (Lipinski definition) is 2. The van der Waals surface area contributed by atoms with Crippen molar-refractivity contribution >= 4 is 41.8 Å². The number of halogens is 1. The largest absolute Gasteiger partial charge is 0.493 e. The highest BCUT2D eigenvalue weighted by Gasteiger charge is 2.22. The molecule has 2 amide bonds. The third kappa shape index (κ3) is 6.89. The van der Waals surface area contributed by atoms with Gasteiger partial charge in [-0.15, -0.1) is 24.0 Å². The van der Waals surface area contributed by atoms with Crippen LogP contribution < -0.4 is 15.4 Å². The van der Waals surface area contributed by atoms with Crippen molar-refractivity contribution in [1.29, 1.82) is 0 Å². The molecule has 0 bridgehead atoms. The molecule has 9 heteroatoms. The quantitative estimate of drug-likeness (QED) is 0.364. The molecule has 2 rings (SSSR count). The summed E-state index contributed by atoms with van der Waals surface area (Å²) in [5, 5.41) is 6.33. The number of para-hydroxylation sites is 1. The highest BCUT2D eigenvalue weighted by atomic mass is 127. The van der Waals surface area contributed by atoms with Gasteiger partial charge in [-0.3, -0.25) is 9.59 Å². The number of guanidine groups is 1. The van der Waals surface area contributed by atoms with Gasteiger partial charge in [-0.25, -0.2) is 4.99 Å². The summed E-state index contributed by atoms with van der Waals surface area (Å²) in [5.41, 5.74) is 1.03. The monoisotopic (exact) mass is 489 g/mol. The topological polar surface area (TPSA) is 86.3 Å². The number of carbonyl (C=O) groups is 2. The van der Waals surface area contributed by atoms with E-state index in [0.717, 1.165) is 17.7 Å². The number of hydrogen-bond acceptors (Lipinski definition) is 4. The molecule has 0 aromatic heterocycles. The number of ether oxygens (including phenoxy) is 1. The van der Waals surface area contributed by atoms with E-state index in [1.54, 1.807) is 28.2 Å². The van der Waals surface area contributed by atoms with E-state index in [4.69, 9.17) is 4.74 Å². The second-order valence-electron chi connectivity index (χ2n) is 6.47. The molecule has 0 saturated heterocycles. The summed E-state index contributed by atoms with van der Waals surface area (Å²) < 4.78 is 5.67. The molecule has 0 fully saturated rings. The molecular weight excluding hydrogens is 461 g/mol. The maximum atomic E-state index is 11.9. The van der Waals surface area contributed by atoms with Crippen molar-refractivity contribution in [2.24, 2.45) is 4.99 Å². The first-order valence-corrected chi connectivity index (χ1v) is 8.55. The van der Waals surface area contributed by atoms with Crippen LogP contribution in [0.15, 0.2) is 29.3 Å². The van der Waals surface area contributed by atoms with Gasteiger partial charge in [0, 0.05) is 40.2 Å². The summed E-state index contributed by atoms with van der Waals surface area (Å²) in [6.45, 7) is 0.693. The number of aliphatic imine (C=N–C) groups is 1. The fourth-order valence-electron chi connectivity index (χ4n) is 2.42. The zero-order valence-corrected chi connectivity index (χ0v) is 18.5. The lowest BCUT2D eigenvalue weighted by atomic mass is 10.0. The van der Waals surface area contributed by atoms with E-state index in [1.165, 1.54) is 9.80 Å². The summed E-state index contributed by atoms with van der Waals surface area (Å²) >= 11 is 0. The van der Waals surface area contributed by atoms with Gasteiger partial charge in [0.15, 0.2) is 5.96 Å². The molecule has 1 heterocycles. The average molecular weight is 489 g/mol. The van der Waals surface area contributed by atoms with Crippen LogP contribution in [0.4, 0.5) is 0 Å². The Morgan fingerprint density at radius 2 is 1.81 bits per heavy atom. The van der Waals surface area contributed by atoms with Crippen molar-refractivity contribution in [3.05, 3.63) is 29.8 Å². The highest BCUT2D eigenvalue weighted by Crippen LogP contribution is 2.31. The number of carbonyl (C=O) groups excluding carboxylic acids is 2. The zero-order chi connectivity index (χ0) is 19.1. The summed E-state index contributed by atoms with van der Waals surface area (Å²) in [7, 11) is 6.75. The smallest absolute Gasteiger partial charge is 0.243 e. The van der Waals surface area contributed by atoms with E-state index in [2.05, 4.69) is 15.6 Å². The summed E-state index contributed by atoms with van der Waals surface area (Å²) in [6, 6.07) is 7.81.